The van der Waals surface area contributed by atoms with E-state index in [1.807, 2.05) is 16.8 Å². The lowest BCUT2D eigenvalue weighted by molar-refractivity contribution is 0.0525. The first-order valence-electron chi connectivity index (χ1n) is 8.80. The summed E-state index contributed by atoms with van der Waals surface area (Å²) in [6.07, 6.45) is 0. The molecule has 0 amide bonds. The number of hydrogen-bond donors (Lipinski definition) is 1. The highest BCUT2D eigenvalue weighted by Gasteiger charge is 2.30. The zero-order chi connectivity index (χ0) is 20.1. The van der Waals surface area contributed by atoms with Crippen LogP contribution >= 0.6 is 11.3 Å². The van der Waals surface area contributed by atoms with Crippen LogP contribution in [-0.2, 0) is 9.47 Å². The fraction of sp³-hybridized carbons (Fsp3) is 0.182. The average Bonchev–Trinajstić information content (AvgIpc) is 3.22. The highest BCUT2D eigenvalue weighted by molar-refractivity contribution is 7.08. The second kappa shape index (κ2) is 8.59. The van der Waals surface area contributed by atoms with Crippen molar-refractivity contribution in [2.24, 2.45) is 0 Å². The van der Waals surface area contributed by atoms with E-state index in [0.717, 1.165) is 11.1 Å². The Morgan fingerprint density at radius 2 is 1.43 bits per heavy atom. The standard InChI is InChI=1S/C22H19NO4S/c1-3-26-21(24)18-16-9-7-14(5-6-15-11-12-28-13-15)8-10-17(16)19(20(18)23)22(25)27-4-2/h7-13H,3-4,23H2,1-2H3. The lowest BCUT2D eigenvalue weighted by Crippen LogP contribution is -2.09. The molecule has 2 aliphatic rings. The maximum atomic E-state index is 12.5. The number of nitrogens with two attached hydrogens (primary N) is 1. The van der Waals surface area contributed by atoms with Gasteiger partial charge in [0.15, 0.2) is 0 Å². The number of hydrogen-bond acceptors (Lipinski definition) is 6. The third-order valence-electron chi connectivity index (χ3n) is 4.06. The van der Waals surface area contributed by atoms with Crippen molar-refractivity contribution in [2.45, 2.75) is 13.8 Å². The minimum Gasteiger partial charge on any atom is -0.462 e. The molecule has 0 saturated carbocycles. The molecule has 2 aliphatic carbocycles. The van der Waals surface area contributed by atoms with Crippen LogP contribution in [0.3, 0.4) is 0 Å². The van der Waals surface area contributed by atoms with E-state index in [1.54, 1.807) is 49.4 Å². The van der Waals surface area contributed by atoms with Gasteiger partial charge in [-0.25, -0.2) is 9.59 Å². The van der Waals surface area contributed by atoms with Crippen molar-refractivity contribution in [1.82, 2.24) is 0 Å². The summed E-state index contributed by atoms with van der Waals surface area (Å²) in [7, 11) is 0. The molecule has 0 saturated heterocycles. The predicted octanol–water partition coefficient (Wildman–Crippen LogP) is 4.19. The molecule has 0 spiro atoms. The lowest BCUT2D eigenvalue weighted by Gasteiger charge is -2.03. The maximum Gasteiger partial charge on any atom is 0.340 e. The van der Waals surface area contributed by atoms with Crippen molar-refractivity contribution in [2.75, 3.05) is 18.9 Å². The summed E-state index contributed by atoms with van der Waals surface area (Å²) in [5.41, 5.74) is 9.30. The summed E-state index contributed by atoms with van der Waals surface area (Å²) in [6.45, 7) is 3.83. The van der Waals surface area contributed by atoms with Crippen LogP contribution in [0.25, 0.3) is 11.1 Å². The molecule has 28 heavy (non-hydrogen) atoms. The van der Waals surface area contributed by atoms with E-state index >= 15 is 0 Å². The molecule has 0 aromatic carbocycles. The number of carbonyl (C=O) groups excluding carboxylic acids is 2. The fourth-order valence-electron chi connectivity index (χ4n) is 2.84. The van der Waals surface area contributed by atoms with E-state index in [9.17, 15) is 9.59 Å². The molecule has 0 fully saturated rings. The molecule has 0 atom stereocenters. The number of ether oxygens (including phenoxy) is 2. The van der Waals surface area contributed by atoms with Crippen molar-refractivity contribution in [1.29, 1.82) is 0 Å². The van der Waals surface area contributed by atoms with E-state index in [0.29, 0.717) is 11.1 Å². The average molecular weight is 393 g/mol. The van der Waals surface area contributed by atoms with Crippen molar-refractivity contribution in [3.05, 3.63) is 63.3 Å². The Kier molecular flexibility index (Phi) is 5.97. The van der Waals surface area contributed by atoms with E-state index in [-0.39, 0.29) is 30.0 Å². The number of anilines is 1. The van der Waals surface area contributed by atoms with E-state index in [2.05, 4.69) is 11.8 Å². The molecular weight excluding hydrogens is 374 g/mol. The van der Waals surface area contributed by atoms with Gasteiger partial charge >= 0.3 is 11.9 Å². The summed E-state index contributed by atoms with van der Waals surface area (Å²) < 4.78 is 10.3. The Bertz CT molecular complexity index is 989. The molecule has 5 nitrogen and oxygen atoms in total. The molecular formula is C22H19NO4S. The number of rotatable bonds is 4. The van der Waals surface area contributed by atoms with Gasteiger partial charge in [0.2, 0.25) is 0 Å². The molecule has 1 aromatic rings. The number of thiophene rings is 1. The first-order valence-corrected chi connectivity index (χ1v) is 9.74. The molecule has 6 heteroatoms. The van der Waals surface area contributed by atoms with Crippen LogP contribution < -0.4 is 5.73 Å². The number of fused-ring (bicyclic) bond motifs is 1. The molecule has 0 bridgehead atoms. The van der Waals surface area contributed by atoms with Gasteiger partial charge in [-0.15, -0.1) is 0 Å². The second-order valence-corrected chi connectivity index (χ2v) is 6.60. The van der Waals surface area contributed by atoms with Crippen molar-refractivity contribution in [3.63, 3.8) is 0 Å². The number of esters is 2. The van der Waals surface area contributed by atoms with Gasteiger partial charge in [0, 0.05) is 16.5 Å². The summed E-state index contributed by atoms with van der Waals surface area (Å²) in [4.78, 5) is 24.9. The Hall–Kier alpha value is -3.30. The molecule has 0 aliphatic heterocycles. The zero-order valence-corrected chi connectivity index (χ0v) is 16.4. The largest absolute Gasteiger partial charge is 0.462 e. The summed E-state index contributed by atoms with van der Waals surface area (Å²) >= 11 is 1.58. The highest BCUT2D eigenvalue weighted by atomic mass is 32.1. The SMILES string of the molecule is CCOC(=O)c1c2ccc(C#Cc3ccsc3)ccc-2c(C(=O)OCC)c1N. The van der Waals surface area contributed by atoms with Gasteiger partial charge in [-0.3, -0.25) is 0 Å². The molecule has 1 aromatic heterocycles. The minimum atomic E-state index is -0.572. The molecule has 2 N–H and O–H groups in total. The van der Waals surface area contributed by atoms with Crippen LogP contribution in [0.15, 0.2) is 41.1 Å². The quantitative estimate of drug-likeness (QED) is 0.531. The summed E-state index contributed by atoms with van der Waals surface area (Å²) in [6, 6.07) is 8.99. The van der Waals surface area contributed by atoms with Gasteiger partial charge in [-0.1, -0.05) is 24.0 Å². The normalized spacial score (nSPS) is 10.2. The van der Waals surface area contributed by atoms with E-state index in [1.165, 1.54) is 0 Å². The van der Waals surface area contributed by atoms with E-state index in [4.69, 9.17) is 15.2 Å². The van der Waals surface area contributed by atoms with Crippen molar-refractivity contribution < 1.29 is 19.1 Å². The highest BCUT2D eigenvalue weighted by Crippen LogP contribution is 2.39. The maximum absolute atomic E-state index is 12.5. The van der Waals surface area contributed by atoms with Crippen LogP contribution in [0.4, 0.5) is 5.69 Å². The van der Waals surface area contributed by atoms with Gasteiger partial charge in [0.25, 0.3) is 0 Å². The Morgan fingerprint density at radius 1 is 0.893 bits per heavy atom. The van der Waals surface area contributed by atoms with Gasteiger partial charge in [0.05, 0.1) is 30.0 Å². The van der Waals surface area contributed by atoms with Gasteiger partial charge in [0.1, 0.15) is 0 Å². The minimum absolute atomic E-state index is 0.0732. The predicted molar refractivity (Wildman–Crippen MR) is 110 cm³/mol. The Morgan fingerprint density at radius 3 is 1.89 bits per heavy atom. The molecule has 1 heterocycles. The van der Waals surface area contributed by atoms with Gasteiger partial charge in [-0.05, 0) is 48.6 Å². The van der Waals surface area contributed by atoms with Gasteiger partial charge < -0.3 is 15.2 Å². The Balaban J connectivity index is 2.15. The van der Waals surface area contributed by atoms with Crippen molar-refractivity contribution in [3.8, 4) is 23.0 Å². The molecule has 142 valence electrons. The Labute approximate surface area is 167 Å². The first kappa shape index (κ1) is 19.5. The van der Waals surface area contributed by atoms with Crippen LogP contribution in [-0.4, -0.2) is 25.2 Å². The third-order valence-corrected chi connectivity index (χ3v) is 4.74. The molecule has 0 radical (unpaired) electrons. The van der Waals surface area contributed by atoms with E-state index < -0.39 is 11.9 Å². The zero-order valence-electron chi connectivity index (χ0n) is 15.6. The van der Waals surface area contributed by atoms with Crippen LogP contribution in [0.2, 0.25) is 0 Å². The van der Waals surface area contributed by atoms with Gasteiger partial charge in [-0.2, -0.15) is 11.3 Å². The van der Waals surface area contributed by atoms with Crippen LogP contribution in [0.5, 0.6) is 0 Å². The number of nitrogen functional groups attached to an aromatic ring is 1. The molecule has 3 rings (SSSR count). The lowest BCUT2D eigenvalue weighted by atomic mass is 10.1. The third kappa shape index (κ3) is 3.85. The van der Waals surface area contributed by atoms with Crippen LogP contribution in [0, 0.1) is 11.8 Å². The summed E-state index contributed by atoms with van der Waals surface area (Å²) in [5.74, 6) is 5.02. The smallest absolute Gasteiger partial charge is 0.340 e. The number of carbonyl (C=O) groups is 2. The first-order chi connectivity index (χ1) is 13.6. The fourth-order valence-corrected chi connectivity index (χ4v) is 3.43. The van der Waals surface area contributed by atoms with Crippen LogP contribution in [0.1, 0.15) is 45.7 Å². The van der Waals surface area contributed by atoms with Crippen molar-refractivity contribution >= 4 is 29.0 Å². The topological polar surface area (TPSA) is 78.6 Å². The summed E-state index contributed by atoms with van der Waals surface area (Å²) in [5, 5.41) is 3.92. The second-order valence-electron chi connectivity index (χ2n) is 5.82. The monoisotopic (exact) mass is 393 g/mol. The molecule has 0 unspecified atom stereocenters.